The number of halogens is 4. The zero-order chi connectivity index (χ0) is 15.4. The number of benzene rings is 2. The third-order valence-corrected chi connectivity index (χ3v) is 3.90. The molecule has 0 saturated carbocycles. The molecule has 2 aromatic carbocycles. The van der Waals surface area contributed by atoms with Gasteiger partial charge in [0.1, 0.15) is 0 Å². The van der Waals surface area contributed by atoms with E-state index in [-0.39, 0.29) is 5.91 Å². The predicted molar refractivity (Wildman–Crippen MR) is 90.6 cm³/mol. The van der Waals surface area contributed by atoms with E-state index in [4.69, 9.17) is 46.4 Å². The minimum Gasteiger partial charge on any atom is -0.320 e. The molecular formula is C15H9Cl4NO. The second-order valence-corrected chi connectivity index (χ2v) is 5.68. The van der Waals surface area contributed by atoms with Gasteiger partial charge in [-0.15, -0.1) is 0 Å². The zero-order valence-corrected chi connectivity index (χ0v) is 13.6. The van der Waals surface area contributed by atoms with Gasteiger partial charge in [0.2, 0.25) is 5.91 Å². The lowest BCUT2D eigenvalue weighted by atomic mass is 10.2. The second kappa shape index (κ2) is 7.19. The van der Waals surface area contributed by atoms with Crippen LogP contribution in [-0.4, -0.2) is 5.91 Å². The summed E-state index contributed by atoms with van der Waals surface area (Å²) in [5.41, 5.74) is 0.932. The molecule has 2 rings (SSSR count). The molecule has 0 aliphatic rings. The van der Waals surface area contributed by atoms with E-state index in [1.807, 2.05) is 0 Å². The van der Waals surface area contributed by atoms with Crippen LogP contribution in [0.3, 0.4) is 0 Å². The van der Waals surface area contributed by atoms with Crippen LogP contribution in [0.15, 0.2) is 42.5 Å². The van der Waals surface area contributed by atoms with E-state index < -0.39 is 0 Å². The van der Waals surface area contributed by atoms with Crippen LogP contribution in [0.2, 0.25) is 20.1 Å². The summed E-state index contributed by atoms with van der Waals surface area (Å²) in [6.07, 6.45) is 2.84. The fraction of sp³-hybridized carbons (Fsp3) is 0. The first-order valence-electron chi connectivity index (χ1n) is 5.86. The van der Waals surface area contributed by atoms with E-state index in [0.29, 0.717) is 31.3 Å². The van der Waals surface area contributed by atoms with Gasteiger partial charge in [-0.2, -0.15) is 0 Å². The minimum atomic E-state index is -0.388. The fourth-order valence-electron chi connectivity index (χ4n) is 1.61. The Hall–Kier alpha value is -1.19. The highest BCUT2D eigenvalue weighted by Gasteiger charge is 2.08. The van der Waals surface area contributed by atoms with Gasteiger partial charge in [0.25, 0.3) is 0 Å². The smallest absolute Gasteiger partial charge is 0.248 e. The Kier molecular flexibility index (Phi) is 5.54. The van der Waals surface area contributed by atoms with E-state index in [2.05, 4.69) is 5.32 Å². The molecule has 0 aliphatic heterocycles. The molecule has 2 nitrogen and oxygen atoms in total. The third-order valence-electron chi connectivity index (χ3n) is 2.61. The summed E-state index contributed by atoms with van der Waals surface area (Å²) in [6.45, 7) is 0. The average Bonchev–Trinajstić information content (AvgIpc) is 2.42. The summed E-state index contributed by atoms with van der Waals surface area (Å²) in [5, 5.41) is 4.26. The van der Waals surface area contributed by atoms with Crippen molar-refractivity contribution in [3.05, 3.63) is 68.1 Å². The van der Waals surface area contributed by atoms with Crippen LogP contribution >= 0.6 is 46.4 Å². The number of nitrogens with one attached hydrogen (secondary N) is 1. The first-order valence-corrected chi connectivity index (χ1v) is 7.37. The van der Waals surface area contributed by atoms with Crippen molar-refractivity contribution in [1.29, 1.82) is 0 Å². The molecule has 0 atom stereocenters. The Labute approximate surface area is 142 Å². The first-order chi connectivity index (χ1) is 9.99. The maximum absolute atomic E-state index is 11.9. The molecule has 0 aliphatic carbocycles. The molecule has 0 radical (unpaired) electrons. The fourth-order valence-corrected chi connectivity index (χ4v) is 2.63. The number of anilines is 1. The van der Waals surface area contributed by atoms with Crippen molar-refractivity contribution >= 4 is 64.1 Å². The number of rotatable bonds is 3. The summed E-state index contributed by atoms with van der Waals surface area (Å²) < 4.78 is 0. The largest absolute Gasteiger partial charge is 0.320 e. The number of hydrogen-bond donors (Lipinski definition) is 1. The Morgan fingerprint density at radius 2 is 1.33 bits per heavy atom. The van der Waals surface area contributed by atoms with Gasteiger partial charge in [0.05, 0.1) is 15.7 Å². The standard InChI is InChI=1S/C15H9Cl4NO/c16-10-3-1-4-11(17)9(10)7-8-14(21)20-15-12(18)5-2-6-13(15)19/h1-8H,(H,20,21). The van der Waals surface area contributed by atoms with Gasteiger partial charge >= 0.3 is 0 Å². The highest BCUT2D eigenvalue weighted by molar-refractivity contribution is 6.40. The van der Waals surface area contributed by atoms with Crippen LogP contribution in [0.25, 0.3) is 6.08 Å². The number of amides is 1. The Balaban J connectivity index is 2.17. The summed E-state index contributed by atoms with van der Waals surface area (Å²) in [6, 6.07) is 10.1. The molecule has 0 fully saturated rings. The minimum absolute atomic E-state index is 0.361. The molecule has 0 saturated heterocycles. The maximum atomic E-state index is 11.9. The van der Waals surface area contributed by atoms with Gasteiger partial charge < -0.3 is 5.32 Å². The monoisotopic (exact) mass is 359 g/mol. The predicted octanol–water partition coefficient (Wildman–Crippen LogP) is 5.95. The number of carbonyl (C=O) groups is 1. The van der Waals surface area contributed by atoms with Gasteiger partial charge in [-0.3, -0.25) is 4.79 Å². The topological polar surface area (TPSA) is 29.1 Å². The molecule has 6 heteroatoms. The maximum Gasteiger partial charge on any atom is 0.248 e. The van der Waals surface area contributed by atoms with Gasteiger partial charge in [-0.05, 0) is 30.3 Å². The van der Waals surface area contributed by atoms with Crippen LogP contribution in [0, 0.1) is 0 Å². The van der Waals surface area contributed by atoms with E-state index >= 15 is 0 Å². The molecular weight excluding hydrogens is 352 g/mol. The Bertz CT molecular complexity index is 672. The number of carbonyl (C=O) groups excluding carboxylic acids is 1. The summed E-state index contributed by atoms with van der Waals surface area (Å²) in [4.78, 5) is 11.9. The van der Waals surface area contributed by atoms with Crippen molar-refractivity contribution in [2.24, 2.45) is 0 Å². The first kappa shape index (κ1) is 16.2. The molecule has 108 valence electrons. The van der Waals surface area contributed by atoms with Crippen molar-refractivity contribution < 1.29 is 4.79 Å². The molecule has 0 heterocycles. The van der Waals surface area contributed by atoms with Crippen molar-refractivity contribution in [1.82, 2.24) is 0 Å². The van der Waals surface area contributed by atoms with E-state index in [9.17, 15) is 4.79 Å². The van der Waals surface area contributed by atoms with E-state index in [0.717, 1.165) is 0 Å². The summed E-state index contributed by atoms with van der Waals surface area (Å²) >= 11 is 24.0. The lowest BCUT2D eigenvalue weighted by Crippen LogP contribution is -2.08. The molecule has 0 unspecified atom stereocenters. The average molecular weight is 361 g/mol. The quantitative estimate of drug-likeness (QED) is 0.673. The second-order valence-electron chi connectivity index (χ2n) is 4.05. The summed E-state index contributed by atoms with van der Waals surface area (Å²) in [7, 11) is 0. The Morgan fingerprint density at radius 3 is 1.86 bits per heavy atom. The van der Waals surface area contributed by atoms with Gasteiger partial charge in [-0.1, -0.05) is 58.5 Å². The van der Waals surface area contributed by atoms with Crippen molar-refractivity contribution in [3.63, 3.8) is 0 Å². The van der Waals surface area contributed by atoms with E-state index in [1.165, 1.54) is 12.2 Å². The molecule has 21 heavy (non-hydrogen) atoms. The summed E-state index contributed by atoms with van der Waals surface area (Å²) in [5.74, 6) is -0.388. The van der Waals surface area contributed by atoms with Crippen LogP contribution in [0.1, 0.15) is 5.56 Å². The van der Waals surface area contributed by atoms with Gasteiger partial charge in [0.15, 0.2) is 0 Å². The number of para-hydroxylation sites is 1. The van der Waals surface area contributed by atoms with Crippen molar-refractivity contribution in [2.45, 2.75) is 0 Å². The van der Waals surface area contributed by atoms with Crippen LogP contribution < -0.4 is 5.32 Å². The number of hydrogen-bond acceptors (Lipinski definition) is 1. The molecule has 2 aromatic rings. The van der Waals surface area contributed by atoms with Crippen molar-refractivity contribution in [2.75, 3.05) is 5.32 Å². The SMILES string of the molecule is O=C(C=Cc1c(Cl)cccc1Cl)Nc1c(Cl)cccc1Cl. The van der Waals surface area contributed by atoms with E-state index in [1.54, 1.807) is 36.4 Å². The Morgan fingerprint density at radius 1 is 0.857 bits per heavy atom. The van der Waals surface area contributed by atoms with Crippen molar-refractivity contribution in [3.8, 4) is 0 Å². The zero-order valence-electron chi connectivity index (χ0n) is 10.5. The third kappa shape index (κ3) is 4.14. The highest BCUT2D eigenvalue weighted by Crippen LogP contribution is 2.30. The normalized spacial score (nSPS) is 10.9. The molecule has 1 amide bonds. The molecule has 0 bridgehead atoms. The van der Waals surface area contributed by atoms with Gasteiger partial charge in [0, 0.05) is 21.7 Å². The highest BCUT2D eigenvalue weighted by atomic mass is 35.5. The lowest BCUT2D eigenvalue weighted by Gasteiger charge is -2.07. The lowest BCUT2D eigenvalue weighted by molar-refractivity contribution is -0.111. The molecule has 0 aromatic heterocycles. The van der Waals surface area contributed by atoms with Gasteiger partial charge in [-0.25, -0.2) is 0 Å². The van der Waals surface area contributed by atoms with Crippen LogP contribution in [0.4, 0.5) is 5.69 Å². The molecule has 1 N–H and O–H groups in total. The van der Waals surface area contributed by atoms with Crippen LogP contribution in [0.5, 0.6) is 0 Å². The molecule has 0 spiro atoms. The van der Waals surface area contributed by atoms with Crippen LogP contribution in [-0.2, 0) is 4.79 Å².